The average Bonchev–Trinajstić information content (AvgIpc) is 3.00. The molecule has 124 valence electrons. The van der Waals surface area contributed by atoms with Gasteiger partial charge in [0.05, 0.1) is 12.2 Å². The van der Waals surface area contributed by atoms with Crippen LogP contribution < -0.4 is 4.74 Å². The summed E-state index contributed by atoms with van der Waals surface area (Å²) in [6, 6.07) is 8.64. The van der Waals surface area contributed by atoms with Gasteiger partial charge < -0.3 is 14.2 Å². The van der Waals surface area contributed by atoms with Crippen LogP contribution in [0, 0.1) is 0 Å². The summed E-state index contributed by atoms with van der Waals surface area (Å²) < 4.78 is 8.02. The molecule has 1 aromatic heterocycles. The number of likely N-dealkylation sites (N-methyl/N-ethyl adjacent to an activating group) is 2. The molecule has 0 unspecified atom stereocenters. The number of para-hydroxylation sites is 1. The summed E-state index contributed by atoms with van der Waals surface area (Å²) in [6.07, 6.45) is 3.95. The van der Waals surface area contributed by atoms with E-state index in [2.05, 4.69) is 45.7 Å². The fraction of sp³-hybridized carbons (Fsp3) is 0.500. The Morgan fingerprint density at radius 1 is 1.22 bits per heavy atom. The van der Waals surface area contributed by atoms with Crippen LogP contribution in [-0.2, 0) is 6.54 Å². The van der Waals surface area contributed by atoms with Gasteiger partial charge in [0, 0.05) is 44.6 Å². The highest BCUT2D eigenvalue weighted by molar-refractivity contribution is 5.64. The minimum Gasteiger partial charge on any atom is -0.493 e. The first-order valence-corrected chi connectivity index (χ1v) is 8.31. The second-order valence-electron chi connectivity index (χ2n) is 6.23. The number of piperazine rings is 1. The van der Waals surface area contributed by atoms with Crippen molar-refractivity contribution in [3.8, 4) is 17.1 Å². The predicted molar refractivity (Wildman–Crippen MR) is 92.7 cm³/mol. The molecule has 2 aromatic rings. The Labute approximate surface area is 138 Å². The molecule has 0 spiro atoms. The van der Waals surface area contributed by atoms with E-state index < -0.39 is 0 Å². The van der Waals surface area contributed by atoms with Crippen LogP contribution in [0.4, 0.5) is 0 Å². The van der Waals surface area contributed by atoms with Crippen LogP contribution in [0.15, 0.2) is 36.7 Å². The number of nitrogens with zero attached hydrogens (tertiary/aromatic N) is 4. The standard InChI is InChI=1S/C18H26N4O/c1-4-23-17-8-6-5-7-16(17)18-19-9-10-22(18)14-15-13-20(2)11-12-21(15)3/h5-10,15H,4,11-14H2,1-3H3/t15-/m1/s1. The van der Waals surface area contributed by atoms with Crippen LogP contribution >= 0.6 is 0 Å². The van der Waals surface area contributed by atoms with Crippen LogP contribution in [0.3, 0.4) is 0 Å². The highest BCUT2D eigenvalue weighted by atomic mass is 16.5. The number of rotatable bonds is 5. The van der Waals surface area contributed by atoms with Gasteiger partial charge in [0.15, 0.2) is 0 Å². The average molecular weight is 314 g/mol. The van der Waals surface area contributed by atoms with E-state index in [9.17, 15) is 0 Å². The summed E-state index contributed by atoms with van der Waals surface area (Å²) in [5, 5.41) is 0. The van der Waals surface area contributed by atoms with Crippen LogP contribution in [0.5, 0.6) is 5.75 Å². The molecule has 23 heavy (non-hydrogen) atoms. The molecule has 5 nitrogen and oxygen atoms in total. The van der Waals surface area contributed by atoms with E-state index in [1.54, 1.807) is 0 Å². The number of aromatic nitrogens is 2. The fourth-order valence-corrected chi connectivity index (χ4v) is 3.16. The summed E-state index contributed by atoms with van der Waals surface area (Å²) in [7, 11) is 4.40. The molecular formula is C18H26N4O. The molecule has 1 aliphatic rings. The Morgan fingerprint density at radius 2 is 2.04 bits per heavy atom. The van der Waals surface area contributed by atoms with E-state index in [0.29, 0.717) is 12.6 Å². The number of hydrogen-bond acceptors (Lipinski definition) is 4. The zero-order valence-corrected chi connectivity index (χ0v) is 14.3. The highest BCUT2D eigenvalue weighted by Gasteiger charge is 2.23. The van der Waals surface area contributed by atoms with E-state index in [1.165, 1.54) is 0 Å². The van der Waals surface area contributed by atoms with Gasteiger partial charge in [0.1, 0.15) is 11.6 Å². The molecule has 2 heterocycles. The first-order valence-electron chi connectivity index (χ1n) is 8.31. The van der Waals surface area contributed by atoms with Crippen LogP contribution in [0.1, 0.15) is 6.92 Å². The molecule has 1 atom stereocenters. The van der Waals surface area contributed by atoms with Crippen molar-refractivity contribution in [3.05, 3.63) is 36.7 Å². The van der Waals surface area contributed by atoms with Crippen molar-refractivity contribution in [1.29, 1.82) is 0 Å². The number of ether oxygens (including phenoxy) is 1. The van der Waals surface area contributed by atoms with E-state index in [0.717, 1.165) is 43.3 Å². The van der Waals surface area contributed by atoms with Crippen molar-refractivity contribution in [3.63, 3.8) is 0 Å². The summed E-state index contributed by atoms with van der Waals surface area (Å²) in [5.74, 6) is 1.88. The Kier molecular flexibility index (Phi) is 4.98. The minimum atomic E-state index is 0.501. The Hall–Kier alpha value is -1.85. The molecule has 0 aliphatic carbocycles. The molecule has 1 saturated heterocycles. The van der Waals surface area contributed by atoms with Crippen LogP contribution in [0.25, 0.3) is 11.4 Å². The van der Waals surface area contributed by atoms with Gasteiger partial charge in [-0.1, -0.05) is 12.1 Å². The number of hydrogen-bond donors (Lipinski definition) is 0. The molecule has 1 fully saturated rings. The third-order valence-corrected chi connectivity index (χ3v) is 4.53. The maximum absolute atomic E-state index is 5.77. The van der Waals surface area contributed by atoms with Gasteiger partial charge in [0.25, 0.3) is 0 Å². The second kappa shape index (κ2) is 7.15. The van der Waals surface area contributed by atoms with Crippen molar-refractivity contribution in [2.45, 2.75) is 19.5 Å². The lowest BCUT2D eigenvalue weighted by molar-refractivity contribution is 0.103. The van der Waals surface area contributed by atoms with E-state index in [-0.39, 0.29) is 0 Å². The van der Waals surface area contributed by atoms with Crippen molar-refractivity contribution in [2.24, 2.45) is 0 Å². The van der Waals surface area contributed by atoms with Crippen LogP contribution in [0.2, 0.25) is 0 Å². The molecule has 1 aromatic carbocycles. The summed E-state index contributed by atoms with van der Waals surface area (Å²) >= 11 is 0. The zero-order valence-electron chi connectivity index (χ0n) is 14.3. The van der Waals surface area contributed by atoms with Gasteiger partial charge in [-0.05, 0) is 33.2 Å². The lowest BCUT2D eigenvalue weighted by Gasteiger charge is -2.38. The number of benzene rings is 1. The predicted octanol–water partition coefficient (Wildman–Crippen LogP) is 2.19. The normalized spacial score (nSPS) is 19.9. The van der Waals surface area contributed by atoms with E-state index in [4.69, 9.17) is 4.74 Å². The Balaban J connectivity index is 1.85. The third-order valence-electron chi connectivity index (χ3n) is 4.53. The van der Waals surface area contributed by atoms with E-state index in [1.807, 2.05) is 31.3 Å². The van der Waals surface area contributed by atoms with Gasteiger partial charge in [-0.15, -0.1) is 0 Å². The van der Waals surface area contributed by atoms with Gasteiger partial charge in [-0.25, -0.2) is 4.98 Å². The Bertz CT molecular complexity index is 639. The van der Waals surface area contributed by atoms with Crippen molar-refractivity contribution in [2.75, 3.05) is 40.3 Å². The Morgan fingerprint density at radius 3 is 2.87 bits per heavy atom. The van der Waals surface area contributed by atoms with Gasteiger partial charge in [0.2, 0.25) is 0 Å². The second-order valence-corrected chi connectivity index (χ2v) is 6.23. The van der Waals surface area contributed by atoms with Crippen LogP contribution in [-0.4, -0.2) is 65.7 Å². The van der Waals surface area contributed by atoms with Crippen molar-refractivity contribution in [1.82, 2.24) is 19.4 Å². The topological polar surface area (TPSA) is 33.5 Å². The van der Waals surface area contributed by atoms with E-state index >= 15 is 0 Å². The highest BCUT2D eigenvalue weighted by Crippen LogP contribution is 2.29. The van der Waals surface area contributed by atoms with Crippen molar-refractivity contribution < 1.29 is 4.74 Å². The first-order chi connectivity index (χ1) is 11.2. The molecular weight excluding hydrogens is 288 g/mol. The summed E-state index contributed by atoms with van der Waals surface area (Å²) in [4.78, 5) is 9.43. The molecule has 0 amide bonds. The van der Waals surface area contributed by atoms with Gasteiger partial charge >= 0.3 is 0 Å². The lowest BCUT2D eigenvalue weighted by Crippen LogP contribution is -2.51. The van der Waals surface area contributed by atoms with Crippen molar-refractivity contribution >= 4 is 0 Å². The smallest absolute Gasteiger partial charge is 0.143 e. The summed E-state index contributed by atoms with van der Waals surface area (Å²) in [5.41, 5.74) is 1.06. The molecule has 0 radical (unpaired) electrons. The largest absolute Gasteiger partial charge is 0.493 e. The van der Waals surface area contributed by atoms with Gasteiger partial charge in [-0.3, -0.25) is 4.90 Å². The quantitative estimate of drug-likeness (QED) is 0.847. The SMILES string of the molecule is CCOc1ccccc1-c1nccn1C[C@H]1CN(C)CCN1C. The molecule has 1 aliphatic heterocycles. The monoisotopic (exact) mass is 314 g/mol. The molecule has 5 heteroatoms. The molecule has 3 rings (SSSR count). The first kappa shape index (κ1) is 16.0. The van der Waals surface area contributed by atoms with Gasteiger partial charge in [-0.2, -0.15) is 0 Å². The lowest BCUT2D eigenvalue weighted by atomic mass is 10.1. The maximum atomic E-state index is 5.77. The third kappa shape index (κ3) is 3.57. The molecule has 0 bridgehead atoms. The minimum absolute atomic E-state index is 0.501. The molecule has 0 N–H and O–H groups in total. The molecule has 0 saturated carbocycles. The number of imidazole rings is 1. The maximum Gasteiger partial charge on any atom is 0.143 e. The fourth-order valence-electron chi connectivity index (χ4n) is 3.16. The zero-order chi connectivity index (χ0) is 16.2. The summed E-state index contributed by atoms with van der Waals surface area (Å²) in [6.45, 7) is 6.94.